The standard InChI is InChI=1S/C11H13ClN4O/c1-7-10(12)8(16(2)15-7)6-9(17)11-13-4-3-5-14-11/h3-5,9,17H,6H2,1-2H3. The lowest BCUT2D eigenvalue weighted by Gasteiger charge is -2.09. The number of hydrogen-bond donors (Lipinski definition) is 1. The number of aromatic nitrogens is 4. The molecule has 1 unspecified atom stereocenters. The first-order chi connectivity index (χ1) is 8.09. The van der Waals surface area contributed by atoms with Gasteiger partial charge in [-0.25, -0.2) is 9.97 Å². The third-order valence-corrected chi connectivity index (χ3v) is 3.02. The molecule has 5 nitrogen and oxygen atoms in total. The van der Waals surface area contributed by atoms with Crippen LogP contribution in [0.5, 0.6) is 0 Å². The third kappa shape index (κ3) is 2.45. The Morgan fingerprint density at radius 3 is 2.59 bits per heavy atom. The van der Waals surface area contributed by atoms with Gasteiger partial charge in [0.25, 0.3) is 0 Å². The molecule has 0 saturated heterocycles. The van der Waals surface area contributed by atoms with Crippen molar-refractivity contribution in [3.8, 4) is 0 Å². The first-order valence-electron chi connectivity index (χ1n) is 5.22. The number of aliphatic hydroxyl groups is 1. The second-order valence-corrected chi connectivity index (χ2v) is 4.17. The van der Waals surface area contributed by atoms with Crippen LogP contribution in [-0.4, -0.2) is 24.9 Å². The Morgan fingerprint density at radius 1 is 1.41 bits per heavy atom. The molecule has 0 bridgehead atoms. The van der Waals surface area contributed by atoms with E-state index in [1.807, 2.05) is 6.92 Å². The van der Waals surface area contributed by atoms with Gasteiger partial charge in [0, 0.05) is 25.9 Å². The first kappa shape index (κ1) is 12.0. The van der Waals surface area contributed by atoms with Crippen molar-refractivity contribution in [1.82, 2.24) is 19.7 Å². The lowest BCUT2D eigenvalue weighted by molar-refractivity contribution is 0.165. The van der Waals surface area contributed by atoms with E-state index in [1.54, 1.807) is 30.2 Å². The van der Waals surface area contributed by atoms with Crippen LogP contribution >= 0.6 is 11.6 Å². The van der Waals surface area contributed by atoms with Crippen LogP contribution in [0.15, 0.2) is 18.5 Å². The zero-order valence-corrected chi connectivity index (χ0v) is 10.4. The summed E-state index contributed by atoms with van der Waals surface area (Å²) in [5, 5.41) is 14.8. The van der Waals surface area contributed by atoms with Crippen LogP contribution < -0.4 is 0 Å². The molecule has 0 aliphatic heterocycles. The molecule has 0 aliphatic carbocycles. The van der Waals surface area contributed by atoms with Crippen molar-refractivity contribution in [1.29, 1.82) is 0 Å². The monoisotopic (exact) mass is 252 g/mol. The number of nitrogens with zero attached hydrogens (tertiary/aromatic N) is 4. The Balaban J connectivity index is 2.22. The molecule has 2 rings (SSSR count). The van der Waals surface area contributed by atoms with Crippen LogP contribution in [0.4, 0.5) is 0 Å². The van der Waals surface area contributed by atoms with Gasteiger partial charge < -0.3 is 5.11 Å². The highest BCUT2D eigenvalue weighted by Crippen LogP contribution is 2.23. The third-order valence-electron chi connectivity index (χ3n) is 2.53. The summed E-state index contributed by atoms with van der Waals surface area (Å²) in [6.07, 6.45) is 2.77. The molecule has 17 heavy (non-hydrogen) atoms. The summed E-state index contributed by atoms with van der Waals surface area (Å²) in [6.45, 7) is 1.83. The quantitative estimate of drug-likeness (QED) is 0.898. The average Bonchev–Trinajstić information content (AvgIpc) is 2.57. The molecule has 0 radical (unpaired) electrons. The minimum absolute atomic E-state index is 0.347. The highest BCUT2D eigenvalue weighted by Gasteiger charge is 2.18. The number of hydrogen-bond acceptors (Lipinski definition) is 4. The molecule has 2 aromatic heterocycles. The van der Waals surface area contributed by atoms with E-state index < -0.39 is 6.10 Å². The van der Waals surface area contributed by atoms with Crippen molar-refractivity contribution in [2.75, 3.05) is 0 Å². The number of aliphatic hydroxyl groups excluding tert-OH is 1. The van der Waals surface area contributed by atoms with Gasteiger partial charge in [0.2, 0.25) is 0 Å². The van der Waals surface area contributed by atoms with E-state index in [2.05, 4.69) is 15.1 Å². The molecular formula is C11H13ClN4O. The van der Waals surface area contributed by atoms with Gasteiger partial charge in [-0.2, -0.15) is 5.10 Å². The molecule has 2 heterocycles. The Hall–Kier alpha value is -1.46. The zero-order chi connectivity index (χ0) is 12.4. The molecule has 2 aromatic rings. The fraction of sp³-hybridized carbons (Fsp3) is 0.364. The van der Waals surface area contributed by atoms with E-state index in [-0.39, 0.29) is 0 Å². The normalized spacial score (nSPS) is 12.7. The fourth-order valence-corrected chi connectivity index (χ4v) is 1.90. The molecule has 0 aliphatic rings. The molecule has 1 N–H and O–H groups in total. The molecule has 0 amide bonds. The second-order valence-electron chi connectivity index (χ2n) is 3.80. The number of rotatable bonds is 3. The SMILES string of the molecule is Cc1nn(C)c(CC(O)c2ncccn2)c1Cl. The Bertz CT molecular complexity index is 512. The minimum atomic E-state index is -0.775. The Morgan fingerprint density at radius 2 is 2.06 bits per heavy atom. The smallest absolute Gasteiger partial charge is 0.157 e. The predicted molar refractivity (Wildman–Crippen MR) is 63.7 cm³/mol. The van der Waals surface area contributed by atoms with E-state index >= 15 is 0 Å². The Kier molecular flexibility index (Phi) is 3.40. The maximum absolute atomic E-state index is 10.0. The molecule has 1 atom stereocenters. The van der Waals surface area contributed by atoms with Crippen molar-refractivity contribution in [3.05, 3.63) is 40.7 Å². The highest BCUT2D eigenvalue weighted by atomic mass is 35.5. The van der Waals surface area contributed by atoms with Crippen LogP contribution in [0, 0.1) is 6.92 Å². The summed E-state index contributed by atoms with van der Waals surface area (Å²) in [5.41, 5.74) is 1.54. The maximum Gasteiger partial charge on any atom is 0.157 e. The lowest BCUT2D eigenvalue weighted by Crippen LogP contribution is -2.09. The molecule has 0 aromatic carbocycles. The lowest BCUT2D eigenvalue weighted by atomic mass is 10.1. The van der Waals surface area contributed by atoms with Crippen molar-refractivity contribution >= 4 is 11.6 Å². The number of aryl methyl sites for hydroxylation is 2. The molecule has 0 saturated carbocycles. The van der Waals surface area contributed by atoms with E-state index in [9.17, 15) is 5.11 Å². The van der Waals surface area contributed by atoms with Gasteiger partial charge in [0.1, 0.15) is 6.10 Å². The van der Waals surface area contributed by atoms with Gasteiger partial charge in [-0.05, 0) is 13.0 Å². The first-order valence-corrected chi connectivity index (χ1v) is 5.60. The van der Waals surface area contributed by atoms with E-state index in [1.165, 1.54) is 0 Å². The van der Waals surface area contributed by atoms with E-state index in [4.69, 9.17) is 11.6 Å². The summed E-state index contributed by atoms with van der Waals surface area (Å²) in [7, 11) is 1.80. The van der Waals surface area contributed by atoms with E-state index in [0.717, 1.165) is 11.4 Å². The van der Waals surface area contributed by atoms with Crippen molar-refractivity contribution in [2.24, 2.45) is 7.05 Å². The highest BCUT2D eigenvalue weighted by molar-refractivity contribution is 6.31. The van der Waals surface area contributed by atoms with Crippen molar-refractivity contribution in [2.45, 2.75) is 19.4 Å². The summed E-state index contributed by atoms with van der Waals surface area (Å²) >= 11 is 6.11. The summed E-state index contributed by atoms with van der Waals surface area (Å²) < 4.78 is 1.67. The minimum Gasteiger partial charge on any atom is -0.385 e. The topological polar surface area (TPSA) is 63.8 Å². The van der Waals surface area contributed by atoms with Crippen LogP contribution in [-0.2, 0) is 13.5 Å². The van der Waals surface area contributed by atoms with Crippen LogP contribution in [0.3, 0.4) is 0 Å². The van der Waals surface area contributed by atoms with Gasteiger partial charge in [-0.3, -0.25) is 4.68 Å². The van der Waals surface area contributed by atoms with E-state index in [0.29, 0.717) is 17.3 Å². The average molecular weight is 253 g/mol. The maximum atomic E-state index is 10.0. The summed E-state index contributed by atoms with van der Waals surface area (Å²) in [5.74, 6) is 0.391. The van der Waals surface area contributed by atoms with Crippen molar-refractivity contribution < 1.29 is 5.11 Å². The Labute approximate surface area is 104 Å². The van der Waals surface area contributed by atoms with Gasteiger partial charge in [0.05, 0.1) is 16.4 Å². The number of halogens is 1. The predicted octanol–water partition coefficient (Wildman–Crippen LogP) is 1.45. The summed E-state index contributed by atoms with van der Waals surface area (Å²) in [6, 6.07) is 1.71. The van der Waals surface area contributed by atoms with Gasteiger partial charge in [-0.1, -0.05) is 11.6 Å². The molecule has 6 heteroatoms. The van der Waals surface area contributed by atoms with Gasteiger partial charge >= 0.3 is 0 Å². The van der Waals surface area contributed by atoms with Crippen LogP contribution in [0.25, 0.3) is 0 Å². The van der Waals surface area contributed by atoms with Crippen LogP contribution in [0.1, 0.15) is 23.3 Å². The van der Waals surface area contributed by atoms with Crippen LogP contribution in [0.2, 0.25) is 5.02 Å². The molecule has 90 valence electrons. The largest absolute Gasteiger partial charge is 0.385 e. The fourth-order valence-electron chi connectivity index (χ4n) is 1.66. The molecule has 0 fully saturated rings. The molecular weight excluding hydrogens is 240 g/mol. The zero-order valence-electron chi connectivity index (χ0n) is 9.63. The van der Waals surface area contributed by atoms with Gasteiger partial charge in [-0.15, -0.1) is 0 Å². The van der Waals surface area contributed by atoms with Gasteiger partial charge in [0.15, 0.2) is 5.82 Å². The van der Waals surface area contributed by atoms with Crippen molar-refractivity contribution in [3.63, 3.8) is 0 Å². The summed E-state index contributed by atoms with van der Waals surface area (Å²) in [4.78, 5) is 8.01. The molecule has 0 spiro atoms. The second kappa shape index (κ2) is 4.81.